The standard InChI is InChI=1S/C21H34Cl2F3NO3Si/c1-7-31(8-2,9-3)30-18(14-27-10-11-28-20(4,5)6)19-16(22)12-15(13-17(19)23)29-21(24,25)26/h12-13,18,27H,7-11,14H2,1-6H3. The topological polar surface area (TPSA) is 39.7 Å². The Morgan fingerprint density at radius 1 is 1.00 bits per heavy atom. The molecule has 1 aromatic rings. The van der Waals surface area contributed by atoms with Crippen LogP contribution in [-0.2, 0) is 9.16 Å². The smallest absolute Gasteiger partial charge is 0.409 e. The Morgan fingerprint density at radius 2 is 1.52 bits per heavy atom. The van der Waals surface area contributed by atoms with Gasteiger partial charge in [0.05, 0.1) is 28.4 Å². The minimum Gasteiger partial charge on any atom is -0.409 e. The van der Waals surface area contributed by atoms with E-state index < -0.39 is 26.5 Å². The molecule has 180 valence electrons. The molecule has 1 aromatic carbocycles. The van der Waals surface area contributed by atoms with Gasteiger partial charge in [-0.3, -0.25) is 0 Å². The Kier molecular flexibility index (Phi) is 11.1. The molecule has 1 unspecified atom stereocenters. The molecule has 10 heteroatoms. The van der Waals surface area contributed by atoms with Crippen LogP contribution in [0.5, 0.6) is 5.75 Å². The van der Waals surface area contributed by atoms with Crippen LogP contribution in [0.4, 0.5) is 13.2 Å². The quantitative estimate of drug-likeness (QED) is 0.239. The third kappa shape index (κ3) is 9.88. The fourth-order valence-electron chi connectivity index (χ4n) is 3.23. The summed E-state index contributed by atoms with van der Waals surface area (Å²) in [6.07, 6.45) is -5.32. The average Bonchev–Trinajstić information content (AvgIpc) is 2.62. The van der Waals surface area contributed by atoms with Crippen LogP contribution in [0.25, 0.3) is 0 Å². The zero-order valence-electron chi connectivity index (χ0n) is 19.1. The number of hydrogen-bond donors (Lipinski definition) is 1. The summed E-state index contributed by atoms with van der Waals surface area (Å²) in [4.78, 5) is 0. The molecule has 31 heavy (non-hydrogen) atoms. The highest BCUT2D eigenvalue weighted by Crippen LogP contribution is 2.40. The van der Waals surface area contributed by atoms with Gasteiger partial charge in [-0.25, -0.2) is 0 Å². The molecule has 0 fully saturated rings. The van der Waals surface area contributed by atoms with E-state index in [-0.39, 0.29) is 15.6 Å². The predicted molar refractivity (Wildman–Crippen MR) is 123 cm³/mol. The summed E-state index contributed by atoms with van der Waals surface area (Å²) in [5.41, 5.74) is 0.224. The average molecular weight is 504 g/mol. The Labute approximate surface area is 194 Å². The molecule has 0 aliphatic heterocycles. The Morgan fingerprint density at radius 3 is 1.94 bits per heavy atom. The van der Waals surface area contributed by atoms with Crippen molar-refractivity contribution in [2.45, 2.75) is 77.7 Å². The highest BCUT2D eigenvalue weighted by atomic mass is 35.5. The van der Waals surface area contributed by atoms with Crippen LogP contribution in [0.1, 0.15) is 53.2 Å². The molecular formula is C21H34Cl2F3NO3Si. The fraction of sp³-hybridized carbons (Fsp3) is 0.714. The van der Waals surface area contributed by atoms with Gasteiger partial charge in [-0.2, -0.15) is 0 Å². The lowest BCUT2D eigenvalue weighted by molar-refractivity contribution is -0.274. The van der Waals surface area contributed by atoms with Gasteiger partial charge in [-0.15, -0.1) is 13.2 Å². The molecule has 0 bridgehead atoms. The molecule has 0 amide bonds. The van der Waals surface area contributed by atoms with Crippen molar-refractivity contribution in [3.8, 4) is 5.75 Å². The number of benzene rings is 1. The normalized spacial score (nSPS) is 14.0. The number of nitrogens with one attached hydrogen (secondary N) is 1. The summed E-state index contributed by atoms with van der Waals surface area (Å²) in [6.45, 7) is 13.7. The van der Waals surface area contributed by atoms with Crippen LogP contribution >= 0.6 is 23.2 Å². The van der Waals surface area contributed by atoms with Crippen molar-refractivity contribution < 1.29 is 27.1 Å². The molecule has 0 aliphatic rings. The molecule has 4 nitrogen and oxygen atoms in total. The first-order valence-corrected chi connectivity index (χ1v) is 13.8. The molecule has 1 rings (SSSR count). The molecule has 0 heterocycles. The lowest BCUT2D eigenvalue weighted by Gasteiger charge is -2.34. The number of rotatable bonds is 12. The number of ether oxygens (including phenoxy) is 2. The van der Waals surface area contributed by atoms with Gasteiger partial charge < -0.3 is 19.2 Å². The number of hydrogen-bond acceptors (Lipinski definition) is 4. The first-order chi connectivity index (χ1) is 14.3. The molecular weight excluding hydrogens is 470 g/mol. The van der Waals surface area contributed by atoms with E-state index in [2.05, 4.69) is 30.8 Å². The molecule has 0 radical (unpaired) electrons. The molecule has 1 atom stereocenters. The van der Waals surface area contributed by atoms with Crippen molar-refractivity contribution in [1.82, 2.24) is 5.32 Å². The zero-order valence-corrected chi connectivity index (χ0v) is 21.6. The van der Waals surface area contributed by atoms with Gasteiger partial charge in [0.15, 0.2) is 8.32 Å². The third-order valence-corrected chi connectivity index (χ3v) is 10.4. The molecule has 0 aliphatic carbocycles. The molecule has 0 saturated heterocycles. The monoisotopic (exact) mass is 503 g/mol. The largest absolute Gasteiger partial charge is 0.573 e. The van der Waals surface area contributed by atoms with E-state index in [1.54, 1.807) is 0 Å². The minimum absolute atomic E-state index is 0.0794. The summed E-state index contributed by atoms with van der Waals surface area (Å²) in [5.74, 6) is -0.457. The fourth-order valence-corrected chi connectivity index (χ4v) is 6.74. The van der Waals surface area contributed by atoms with Gasteiger partial charge in [0.2, 0.25) is 0 Å². The number of alkyl halides is 3. The predicted octanol–water partition coefficient (Wildman–Crippen LogP) is 7.36. The Balaban J connectivity index is 3.12. The van der Waals surface area contributed by atoms with Crippen molar-refractivity contribution in [3.05, 3.63) is 27.7 Å². The number of halogens is 5. The Bertz CT molecular complexity index is 664. The van der Waals surface area contributed by atoms with Gasteiger partial charge in [-0.05, 0) is 51.0 Å². The van der Waals surface area contributed by atoms with E-state index >= 15 is 0 Å². The van der Waals surface area contributed by atoms with Crippen LogP contribution in [0.3, 0.4) is 0 Å². The lowest BCUT2D eigenvalue weighted by Crippen LogP contribution is -2.40. The highest BCUT2D eigenvalue weighted by Gasteiger charge is 2.35. The maximum atomic E-state index is 12.6. The van der Waals surface area contributed by atoms with E-state index in [1.165, 1.54) is 0 Å². The molecule has 0 saturated carbocycles. The maximum Gasteiger partial charge on any atom is 0.573 e. The Hall–Kier alpha value is -0.513. The first kappa shape index (κ1) is 28.5. The SMILES string of the molecule is CC[Si](CC)(CC)OC(CNCCOC(C)(C)C)c1c(Cl)cc(OC(F)(F)F)cc1Cl. The van der Waals surface area contributed by atoms with Crippen LogP contribution in [-0.4, -0.2) is 40.0 Å². The van der Waals surface area contributed by atoms with E-state index in [1.807, 2.05) is 20.8 Å². The van der Waals surface area contributed by atoms with Crippen molar-refractivity contribution in [1.29, 1.82) is 0 Å². The van der Waals surface area contributed by atoms with Crippen LogP contribution in [0.15, 0.2) is 12.1 Å². The van der Waals surface area contributed by atoms with E-state index in [9.17, 15) is 13.2 Å². The summed E-state index contributed by atoms with van der Waals surface area (Å²) in [5, 5.41) is 3.46. The summed E-state index contributed by atoms with van der Waals surface area (Å²) in [7, 11) is -2.06. The zero-order chi connectivity index (χ0) is 23.9. The van der Waals surface area contributed by atoms with Gasteiger partial charge in [0.1, 0.15) is 5.75 Å². The van der Waals surface area contributed by atoms with E-state index in [0.717, 1.165) is 30.3 Å². The van der Waals surface area contributed by atoms with Crippen molar-refractivity contribution in [2.75, 3.05) is 19.7 Å². The molecule has 0 spiro atoms. The molecule has 0 aromatic heterocycles. The lowest BCUT2D eigenvalue weighted by atomic mass is 10.1. The molecule has 1 N–H and O–H groups in total. The summed E-state index contributed by atoms with van der Waals surface area (Å²) in [6, 6.07) is 4.99. The summed E-state index contributed by atoms with van der Waals surface area (Å²) >= 11 is 12.7. The van der Waals surface area contributed by atoms with E-state index in [4.69, 9.17) is 32.4 Å². The second kappa shape index (κ2) is 12.1. The van der Waals surface area contributed by atoms with Gasteiger partial charge in [0.25, 0.3) is 0 Å². The van der Waals surface area contributed by atoms with Crippen LogP contribution in [0.2, 0.25) is 28.2 Å². The second-order valence-corrected chi connectivity index (χ2v) is 13.9. The van der Waals surface area contributed by atoms with Crippen molar-refractivity contribution in [3.63, 3.8) is 0 Å². The van der Waals surface area contributed by atoms with Gasteiger partial charge >= 0.3 is 6.36 Å². The summed E-state index contributed by atoms with van der Waals surface area (Å²) < 4.78 is 54.1. The van der Waals surface area contributed by atoms with Gasteiger partial charge in [0, 0.05) is 18.7 Å². The highest BCUT2D eigenvalue weighted by molar-refractivity contribution is 6.73. The van der Waals surface area contributed by atoms with Crippen LogP contribution in [0, 0.1) is 0 Å². The first-order valence-electron chi connectivity index (χ1n) is 10.5. The minimum atomic E-state index is -4.83. The van der Waals surface area contributed by atoms with Crippen molar-refractivity contribution in [2.24, 2.45) is 0 Å². The van der Waals surface area contributed by atoms with Gasteiger partial charge in [-0.1, -0.05) is 44.0 Å². The maximum absolute atomic E-state index is 12.6. The van der Waals surface area contributed by atoms with Crippen LogP contribution < -0.4 is 10.1 Å². The van der Waals surface area contributed by atoms with Crippen molar-refractivity contribution >= 4 is 31.5 Å². The third-order valence-electron chi connectivity index (χ3n) is 5.08. The van der Waals surface area contributed by atoms with E-state index in [0.29, 0.717) is 25.3 Å². The second-order valence-electron chi connectivity index (χ2n) is 8.36.